The molecule has 0 aliphatic rings. The van der Waals surface area contributed by atoms with Crippen LogP contribution >= 0.6 is 11.6 Å². The topological polar surface area (TPSA) is 66.9 Å². The lowest BCUT2D eigenvalue weighted by atomic mass is 10.1. The molecule has 0 saturated carbocycles. The first kappa shape index (κ1) is 17.2. The van der Waals surface area contributed by atoms with Crippen molar-refractivity contribution < 1.29 is 4.79 Å². The molecule has 1 unspecified atom stereocenters. The van der Waals surface area contributed by atoms with Gasteiger partial charge in [-0.3, -0.25) is 4.79 Å². The zero-order chi connectivity index (χ0) is 16.7. The maximum Gasteiger partial charge on any atom is 0.270 e. The first-order valence-corrected chi connectivity index (χ1v) is 8.07. The van der Waals surface area contributed by atoms with E-state index in [1.807, 2.05) is 24.3 Å². The van der Waals surface area contributed by atoms with Crippen LogP contribution in [-0.4, -0.2) is 28.5 Å². The molecule has 1 amide bonds. The first-order valence-electron chi connectivity index (χ1n) is 7.69. The fraction of sp³-hybridized carbons (Fsp3) is 0.353. The molecule has 0 spiro atoms. The van der Waals surface area contributed by atoms with Crippen molar-refractivity contribution in [2.24, 2.45) is 0 Å². The summed E-state index contributed by atoms with van der Waals surface area (Å²) in [6.07, 6.45) is 3.12. The lowest BCUT2D eigenvalue weighted by Gasteiger charge is -2.12. The van der Waals surface area contributed by atoms with Gasteiger partial charge < -0.3 is 10.6 Å². The zero-order valence-corrected chi connectivity index (χ0v) is 14.1. The normalized spacial score (nSPS) is 11.8. The third-order valence-corrected chi connectivity index (χ3v) is 3.77. The van der Waals surface area contributed by atoms with Crippen molar-refractivity contribution in [3.05, 3.63) is 52.9 Å². The van der Waals surface area contributed by atoms with Crippen molar-refractivity contribution in [3.63, 3.8) is 0 Å². The number of benzene rings is 1. The van der Waals surface area contributed by atoms with Gasteiger partial charge in [-0.1, -0.05) is 30.7 Å². The van der Waals surface area contributed by atoms with Crippen molar-refractivity contribution >= 4 is 23.3 Å². The van der Waals surface area contributed by atoms with E-state index in [1.54, 1.807) is 6.07 Å². The van der Waals surface area contributed by atoms with E-state index in [1.165, 1.54) is 6.33 Å². The summed E-state index contributed by atoms with van der Waals surface area (Å²) in [6, 6.07) is 9.56. The zero-order valence-electron chi connectivity index (χ0n) is 13.3. The molecule has 2 aromatic rings. The minimum Gasteiger partial charge on any atom is -0.368 e. The van der Waals surface area contributed by atoms with Gasteiger partial charge in [-0.15, -0.1) is 0 Å². The lowest BCUT2D eigenvalue weighted by Crippen LogP contribution is -2.27. The third kappa shape index (κ3) is 5.53. The van der Waals surface area contributed by atoms with Crippen LogP contribution in [0.25, 0.3) is 0 Å². The summed E-state index contributed by atoms with van der Waals surface area (Å²) in [6.45, 7) is 4.69. The summed E-state index contributed by atoms with van der Waals surface area (Å²) in [5.74, 6) is 0.464. The van der Waals surface area contributed by atoms with Crippen LogP contribution in [0.2, 0.25) is 5.02 Å². The fourth-order valence-corrected chi connectivity index (χ4v) is 2.10. The predicted molar refractivity (Wildman–Crippen MR) is 92.9 cm³/mol. The molecular formula is C17H21ClN4O. The molecule has 6 heteroatoms. The molecule has 0 aliphatic heterocycles. The second kappa shape index (κ2) is 8.48. The Labute approximate surface area is 141 Å². The lowest BCUT2D eigenvalue weighted by molar-refractivity contribution is 0.0949. The fourth-order valence-electron chi connectivity index (χ4n) is 1.98. The smallest absolute Gasteiger partial charge is 0.270 e. The molecule has 1 heterocycles. The standard InChI is InChI=1S/C17H21ClN4O/c1-3-12(2)22-16-10-15(20-11-21-16)17(23)19-9-8-13-4-6-14(18)7-5-13/h4-7,10-12H,3,8-9H2,1-2H3,(H,19,23)(H,20,21,22). The second-order valence-corrected chi connectivity index (χ2v) is 5.81. The van der Waals surface area contributed by atoms with Crippen molar-refractivity contribution in [2.45, 2.75) is 32.7 Å². The van der Waals surface area contributed by atoms with E-state index in [0.717, 1.165) is 18.4 Å². The molecule has 1 aromatic carbocycles. The highest BCUT2D eigenvalue weighted by Crippen LogP contribution is 2.10. The summed E-state index contributed by atoms with van der Waals surface area (Å²) in [5, 5.41) is 6.81. The number of carbonyl (C=O) groups excluding carboxylic acids is 1. The van der Waals surface area contributed by atoms with E-state index in [9.17, 15) is 4.79 Å². The van der Waals surface area contributed by atoms with Crippen LogP contribution in [0.1, 0.15) is 36.3 Å². The number of anilines is 1. The van der Waals surface area contributed by atoms with Gasteiger partial charge in [-0.05, 0) is 37.5 Å². The van der Waals surface area contributed by atoms with Crippen molar-refractivity contribution in [1.82, 2.24) is 15.3 Å². The summed E-state index contributed by atoms with van der Waals surface area (Å²) in [5.41, 5.74) is 1.48. The molecule has 0 bridgehead atoms. The number of carbonyl (C=O) groups is 1. The highest BCUT2D eigenvalue weighted by atomic mass is 35.5. The van der Waals surface area contributed by atoms with Crippen molar-refractivity contribution in [1.29, 1.82) is 0 Å². The minimum absolute atomic E-state index is 0.200. The Morgan fingerprint density at radius 1 is 1.26 bits per heavy atom. The number of hydrogen-bond donors (Lipinski definition) is 2. The molecule has 5 nitrogen and oxygen atoms in total. The van der Waals surface area contributed by atoms with Gasteiger partial charge in [-0.25, -0.2) is 9.97 Å². The maximum atomic E-state index is 12.1. The van der Waals surface area contributed by atoms with Gasteiger partial charge in [0.1, 0.15) is 17.8 Å². The van der Waals surface area contributed by atoms with Crippen molar-refractivity contribution in [2.75, 3.05) is 11.9 Å². The number of nitrogens with zero attached hydrogens (tertiary/aromatic N) is 2. The highest BCUT2D eigenvalue weighted by Gasteiger charge is 2.09. The van der Waals surface area contributed by atoms with Crippen molar-refractivity contribution in [3.8, 4) is 0 Å². The molecule has 0 fully saturated rings. The van der Waals surface area contributed by atoms with Crippen LogP contribution in [0.15, 0.2) is 36.7 Å². The van der Waals surface area contributed by atoms with Gasteiger partial charge in [0.2, 0.25) is 0 Å². The van der Waals surface area contributed by atoms with Gasteiger partial charge in [0.15, 0.2) is 0 Å². The molecule has 122 valence electrons. The Hall–Kier alpha value is -2.14. The van der Waals surface area contributed by atoms with Crippen LogP contribution in [0.3, 0.4) is 0 Å². The van der Waals surface area contributed by atoms with E-state index in [4.69, 9.17) is 11.6 Å². The van der Waals surface area contributed by atoms with Gasteiger partial charge >= 0.3 is 0 Å². The van der Waals surface area contributed by atoms with Gasteiger partial charge in [0, 0.05) is 23.7 Å². The van der Waals surface area contributed by atoms with E-state index < -0.39 is 0 Å². The van der Waals surface area contributed by atoms with E-state index >= 15 is 0 Å². The van der Waals surface area contributed by atoms with E-state index in [0.29, 0.717) is 29.1 Å². The first-order chi connectivity index (χ1) is 11.1. The minimum atomic E-state index is -0.200. The Kier molecular flexibility index (Phi) is 6.35. The van der Waals surface area contributed by atoms with Crippen LogP contribution in [-0.2, 0) is 6.42 Å². The predicted octanol–water partition coefficient (Wildman–Crippen LogP) is 3.31. The van der Waals surface area contributed by atoms with Crippen LogP contribution in [0.5, 0.6) is 0 Å². The summed E-state index contributed by atoms with van der Waals surface area (Å²) >= 11 is 5.85. The average Bonchev–Trinajstić information content (AvgIpc) is 2.56. The number of rotatable bonds is 7. The SMILES string of the molecule is CCC(C)Nc1cc(C(=O)NCCc2ccc(Cl)cc2)ncn1. The molecule has 1 aromatic heterocycles. The Morgan fingerprint density at radius 3 is 2.70 bits per heavy atom. The average molecular weight is 333 g/mol. The highest BCUT2D eigenvalue weighted by molar-refractivity contribution is 6.30. The Bertz CT molecular complexity index is 645. The molecule has 2 rings (SSSR count). The third-order valence-electron chi connectivity index (χ3n) is 3.52. The molecule has 0 radical (unpaired) electrons. The number of amides is 1. The Morgan fingerprint density at radius 2 is 2.00 bits per heavy atom. The molecule has 0 aliphatic carbocycles. The van der Waals surface area contributed by atoms with Crippen LogP contribution < -0.4 is 10.6 Å². The largest absolute Gasteiger partial charge is 0.368 e. The molecular weight excluding hydrogens is 312 g/mol. The summed E-state index contributed by atoms with van der Waals surface area (Å²) in [4.78, 5) is 20.3. The van der Waals surface area contributed by atoms with Crippen LogP contribution in [0.4, 0.5) is 5.82 Å². The van der Waals surface area contributed by atoms with Crippen LogP contribution in [0, 0.1) is 0 Å². The van der Waals surface area contributed by atoms with E-state index in [-0.39, 0.29) is 5.91 Å². The van der Waals surface area contributed by atoms with Gasteiger partial charge in [0.05, 0.1) is 0 Å². The number of halogens is 1. The molecule has 1 atom stereocenters. The molecule has 23 heavy (non-hydrogen) atoms. The second-order valence-electron chi connectivity index (χ2n) is 5.37. The summed E-state index contributed by atoms with van der Waals surface area (Å²) in [7, 11) is 0. The van der Waals surface area contributed by atoms with Gasteiger partial charge in [-0.2, -0.15) is 0 Å². The maximum absolute atomic E-state index is 12.1. The summed E-state index contributed by atoms with van der Waals surface area (Å²) < 4.78 is 0. The number of hydrogen-bond acceptors (Lipinski definition) is 4. The Balaban J connectivity index is 1.87. The number of nitrogens with one attached hydrogen (secondary N) is 2. The monoisotopic (exact) mass is 332 g/mol. The van der Waals surface area contributed by atoms with E-state index in [2.05, 4.69) is 34.4 Å². The number of aromatic nitrogens is 2. The molecule has 2 N–H and O–H groups in total. The quantitative estimate of drug-likeness (QED) is 0.816. The molecule has 0 saturated heterocycles. The van der Waals surface area contributed by atoms with Gasteiger partial charge in [0.25, 0.3) is 5.91 Å².